The molecule has 3 atom stereocenters. The minimum atomic E-state index is 0.468. The van der Waals surface area contributed by atoms with Gasteiger partial charge in [0.25, 0.3) is 0 Å². The van der Waals surface area contributed by atoms with Crippen LogP contribution >= 0.6 is 0 Å². The van der Waals surface area contributed by atoms with Crippen molar-refractivity contribution in [1.29, 1.82) is 0 Å². The number of rotatable bonds is 4. The average Bonchev–Trinajstić information content (AvgIpc) is 2.66. The van der Waals surface area contributed by atoms with Crippen molar-refractivity contribution in [3.05, 3.63) is 0 Å². The smallest absolute Gasteiger partial charge is 0.0218 e. The van der Waals surface area contributed by atoms with Crippen LogP contribution in [0.3, 0.4) is 0 Å². The summed E-state index contributed by atoms with van der Waals surface area (Å²) in [6, 6.07) is 1.45. The second-order valence-corrected chi connectivity index (χ2v) is 7.36. The van der Waals surface area contributed by atoms with E-state index in [2.05, 4.69) is 50.0 Å². The molecular weight excluding hydrogens is 234 g/mol. The van der Waals surface area contributed by atoms with E-state index in [4.69, 9.17) is 0 Å². The molecule has 19 heavy (non-hydrogen) atoms. The zero-order chi connectivity index (χ0) is 14.0. The van der Waals surface area contributed by atoms with Crippen molar-refractivity contribution in [3.8, 4) is 0 Å². The highest BCUT2D eigenvalue weighted by atomic mass is 15.3. The summed E-state index contributed by atoms with van der Waals surface area (Å²) in [7, 11) is 4.42. The van der Waals surface area contributed by atoms with E-state index in [1.54, 1.807) is 0 Å². The van der Waals surface area contributed by atoms with Gasteiger partial charge in [-0.2, -0.15) is 0 Å². The van der Waals surface area contributed by atoms with E-state index in [1.807, 2.05) is 0 Å². The van der Waals surface area contributed by atoms with Crippen LogP contribution in [0.4, 0.5) is 0 Å². The standard InChI is InChI=1S/C16H33N3/c1-6-14-12-19(10-9-18(14)5)11-13-7-8-16(2,3)15(13)17-4/h13-15,17H,6-12H2,1-5H3. The first-order chi connectivity index (χ1) is 8.97. The van der Waals surface area contributed by atoms with Crippen LogP contribution in [0.2, 0.25) is 0 Å². The predicted octanol–water partition coefficient (Wildman–Crippen LogP) is 2.04. The third kappa shape index (κ3) is 3.32. The molecule has 112 valence electrons. The van der Waals surface area contributed by atoms with Gasteiger partial charge in [-0.15, -0.1) is 0 Å². The van der Waals surface area contributed by atoms with E-state index in [1.165, 1.54) is 45.4 Å². The van der Waals surface area contributed by atoms with Gasteiger partial charge in [-0.05, 0) is 44.7 Å². The summed E-state index contributed by atoms with van der Waals surface area (Å²) in [5.74, 6) is 0.834. The molecule has 2 aliphatic rings. The van der Waals surface area contributed by atoms with Crippen molar-refractivity contribution in [3.63, 3.8) is 0 Å². The lowest BCUT2D eigenvalue weighted by atomic mass is 9.84. The molecule has 0 aromatic carbocycles. The maximum atomic E-state index is 3.59. The fourth-order valence-electron chi connectivity index (χ4n) is 4.29. The van der Waals surface area contributed by atoms with Gasteiger partial charge >= 0.3 is 0 Å². The van der Waals surface area contributed by atoms with Crippen molar-refractivity contribution in [2.24, 2.45) is 11.3 Å². The average molecular weight is 267 g/mol. The van der Waals surface area contributed by atoms with E-state index < -0.39 is 0 Å². The van der Waals surface area contributed by atoms with Gasteiger partial charge < -0.3 is 15.1 Å². The molecule has 1 aliphatic heterocycles. The van der Waals surface area contributed by atoms with Crippen molar-refractivity contribution in [2.75, 3.05) is 40.3 Å². The van der Waals surface area contributed by atoms with Crippen molar-refractivity contribution >= 4 is 0 Å². The Labute approximate surface area is 119 Å². The summed E-state index contributed by atoms with van der Waals surface area (Å²) in [6.45, 7) is 12.2. The molecule has 0 amide bonds. The van der Waals surface area contributed by atoms with E-state index >= 15 is 0 Å². The fraction of sp³-hybridized carbons (Fsp3) is 1.00. The molecule has 3 unspecified atom stereocenters. The third-order valence-corrected chi connectivity index (χ3v) is 5.61. The Morgan fingerprint density at radius 3 is 2.63 bits per heavy atom. The summed E-state index contributed by atoms with van der Waals surface area (Å²) < 4.78 is 0. The lowest BCUT2D eigenvalue weighted by Crippen LogP contribution is -2.53. The van der Waals surface area contributed by atoms with Crippen LogP contribution < -0.4 is 5.32 Å². The largest absolute Gasteiger partial charge is 0.316 e. The number of nitrogens with one attached hydrogen (secondary N) is 1. The van der Waals surface area contributed by atoms with Crippen LogP contribution in [0.1, 0.15) is 40.0 Å². The SMILES string of the molecule is CCC1CN(CC2CCC(C)(C)C2NC)CCN1C. The summed E-state index contributed by atoms with van der Waals surface area (Å²) in [6.07, 6.45) is 4.04. The second-order valence-electron chi connectivity index (χ2n) is 7.36. The molecule has 1 saturated carbocycles. The first-order valence-electron chi connectivity index (χ1n) is 8.07. The molecule has 1 N–H and O–H groups in total. The monoisotopic (exact) mass is 267 g/mol. The Balaban J connectivity index is 1.91. The lowest BCUT2D eigenvalue weighted by molar-refractivity contribution is 0.0758. The molecule has 2 rings (SSSR count). The summed E-state index contributed by atoms with van der Waals surface area (Å²) in [5.41, 5.74) is 0.468. The molecule has 0 aromatic heterocycles. The van der Waals surface area contributed by atoms with Crippen LogP contribution in [0, 0.1) is 11.3 Å². The van der Waals surface area contributed by atoms with E-state index in [0.717, 1.165) is 12.0 Å². The zero-order valence-corrected chi connectivity index (χ0v) is 13.6. The maximum Gasteiger partial charge on any atom is 0.0218 e. The molecule has 1 aliphatic carbocycles. The lowest BCUT2D eigenvalue weighted by Gasteiger charge is -2.41. The topological polar surface area (TPSA) is 18.5 Å². The quantitative estimate of drug-likeness (QED) is 0.841. The minimum Gasteiger partial charge on any atom is -0.316 e. The molecule has 3 heteroatoms. The molecule has 3 nitrogen and oxygen atoms in total. The maximum absolute atomic E-state index is 3.59. The van der Waals surface area contributed by atoms with Crippen LogP contribution in [-0.4, -0.2) is 62.2 Å². The Morgan fingerprint density at radius 1 is 1.26 bits per heavy atom. The van der Waals surface area contributed by atoms with Gasteiger partial charge in [-0.25, -0.2) is 0 Å². The van der Waals surface area contributed by atoms with Crippen molar-refractivity contribution < 1.29 is 0 Å². The van der Waals surface area contributed by atoms with Gasteiger partial charge in [0.15, 0.2) is 0 Å². The van der Waals surface area contributed by atoms with Crippen LogP contribution in [0.15, 0.2) is 0 Å². The van der Waals surface area contributed by atoms with Crippen molar-refractivity contribution in [1.82, 2.24) is 15.1 Å². The minimum absolute atomic E-state index is 0.468. The molecule has 2 fully saturated rings. The van der Waals surface area contributed by atoms with Crippen LogP contribution in [0.5, 0.6) is 0 Å². The molecular formula is C16H33N3. The number of piperazine rings is 1. The third-order valence-electron chi connectivity index (χ3n) is 5.61. The summed E-state index contributed by atoms with van der Waals surface area (Å²) in [5, 5.41) is 3.59. The van der Waals surface area contributed by atoms with E-state index in [-0.39, 0.29) is 0 Å². The number of nitrogens with zero attached hydrogens (tertiary/aromatic N) is 2. The van der Waals surface area contributed by atoms with Gasteiger partial charge in [0.05, 0.1) is 0 Å². The van der Waals surface area contributed by atoms with Gasteiger partial charge in [0, 0.05) is 38.3 Å². The van der Waals surface area contributed by atoms with E-state index in [9.17, 15) is 0 Å². The van der Waals surface area contributed by atoms with Gasteiger partial charge in [0.1, 0.15) is 0 Å². The predicted molar refractivity (Wildman–Crippen MR) is 82.5 cm³/mol. The highest BCUT2D eigenvalue weighted by Crippen LogP contribution is 2.41. The number of hydrogen-bond acceptors (Lipinski definition) is 3. The Bertz CT molecular complexity index is 290. The van der Waals surface area contributed by atoms with Gasteiger partial charge in [-0.3, -0.25) is 0 Å². The van der Waals surface area contributed by atoms with Crippen LogP contribution in [0.25, 0.3) is 0 Å². The van der Waals surface area contributed by atoms with E-state index in [0.29, 0.717) is 11.5 Å². The highest BCUT2D eigenvalue weighted by molar-refractivity contribution is 4.97. The number of likely N-dealkylation sites (N-methyl/N-ethyl adjacent to an activating group) is 1. The van der Waals surface area contributed by atoms with Gasteiger partial charge in [-0.1, -0.05) is 20.8 Å². The Hall–Kier alpha value is -0.120. The molecule has 0 radical (unpaired) electrons. The first kappa shape index (κ1) is 15.3. The fourth-order valence-corrected chi connectivity index (χ4v) is 4.29. The summed E-state index contributed by atoms with van der Waals surface area (Å²) >= 11 is 0. The Morgan fingerprint density at radius 2 is 2.00 bits per heavy atom. The molecule has 0 spiro atoms. The molecule has 1 heterocycles. The molecule has 1 saturated heterocycles. The van der Waals surface area contributed by atoms with Crippen LogP contribution in [-0.2, 0) is 0 Å². The molecule has 0 aromatic rings. The number of hydrogen-bond donors (Lipinski definition) is 1. The molecule has 0 bridgehead atoms. The first-order valence-corrected chi connectivity index (χ1v) is 8.07. The normalized spacial score (nSPS) is 36.8. The zero-order valence-electron chi connectivity index (χ0n) is 13.6. The second kappa shape index (κ2) is 6.11. The highest BCUT2D eigenvalue weighted by Gasteiger charge is 2.41. The Kier molecular flexibility index (Phi) is 4.91. The van der Waals surface area contributed by atoms with Crippen molar-refractivity contribution in [2.45, 2.75) is 52.1 Å². The van der Waals surface area contributed by atoms with Gasteiger partial charge in [0.2, 0.25) is 0 Å². The summed E-state index contributed by atoms with van der Waals surface area (Å²) in [4.78, 5) is 5.25.